The maximum Gasteiger partial charge on any atom is 0.162 e. The van der Waals surface area contributed by atoms with Gasteiger partial charge in [0.25, 0.3) is 0 Å². The molecule has 0 atom stereocenters. The molecule has 12 heavy (non-hydrogen) atoms. The Bertz CT molecular complexity index is 242. The molecule has 0 radical (unpaired) electrons. The molecule has 0 aromatic carbocycles. The van der Waals surface area contributed by atoms with Crippen molar-refractivity contribution in [2.75, 3.05) is 0 Å². The van der Waals surface area contributed by atoms with Crippen LogP contribution in [0.4, 0.5) is 0 Å². The predicted molar refractivity (Wildman–Crippen MR) is 46.9 cm³/mol. The molecule has 0 bridgehead atoms. The van der Waals surface area contributed by atoms with E-state index < -0.39 is 5.54 Å². The second-order valence-electron chi connectivity index (χ2n) is 3.06. The van der Waals surface area contributed by atoms with Crippen LogP contribution in [-0.4, -0.2) is 10.3 Å². The number of hydrogen-bond acceptors (Lipinski definition) is 4. The summed E-state index contributed by atoms with van der Waals surface area (Å²) in [6.07, 6.45) is 0. The second-order valence-corrected chi connectivity index (χ2v) is 3.06. The van der Waals surface area contributed by atoms with Crippen molar-refractivity contribution in [2.45, 2.75) is 26.0 Å². The van der Waals surface area contributed by atoms with Crippen molar-refractivity contribution in [1.82, 2.24) is 5.16 Å². The van der Waals surface area contributed by atoms with Crippen LogP contribution in [0.5, 0.6) is 0 Å². The third kappa shape index (κ3) is 2.48. The number of hydrogen-bond donors (Lipinski definition) is 2. The van der Waals surface area contributed by atoms with E-state index in [2.05, 4.69) is 5.16 Å². The molecule has 0 saturated heterocycles. The van der Waals surface area contributed by atoms with Crippen molar-refractivity contribution < 1.29 is 9.63 Å². The number of rotatable bonds is 2. The zero-order chi connectivity index (χ0) is 8.48. The Morgan fingerprint density at radius 2 is 2.25 bits per heavy atom. The van der Waals surface area contributed by atoms with Crippen LogP contribution in [0.15, 0.2) is 10.6 Å². The van der Waals surface area contributed by atoms with Gasteiger partial charge in [-0.05, 0) is 13.8 Å². The molecule has 0 spiro atoms. The van der Waals surface area contributed by atoms with Crippen LogP contribution in [0.25, 0.3) is 0 Å². The Balaban J connectivity index is 0.00000121. The maximum atomic E-state index is 8.64. The number of halogens is 1. The molecular weight excluding hydrogens is 180 g/mol. The van der Waals surface area contributed by atoms with Gasteiger partial charge in [-0.2, -0.15) is 0 Å². The minimum Gasteiger partial charge on any atom is -0.388 e. The van der Waals surface area contributed by atoms with Crippen LogP contribution < -0.4 is 5.73 Å². The molecule has 70 valence electrons. The molecule has 1 rings (SSSR count). The summed E-state index contributed by atoms with van der Waals surface area (Å²) < 4.78 is 4.76. The highest BCUT2D eigenvalue weighted by molar-refractivity contribution is 5.85. The molecule has 0 unspecified atom stereocenters. The van der Waals surface area contributed by atoms with Crippen molar-refractivity contribution in [2.24, 2.45) is 5.73 Å². The van der Waals surface area contributed by atoms with Crippen LogP contribution in [0.1, 0.15) is 25.3 Å². The lowest BCUT2D eigenvalue weighted by molar-refractivity contribution is 0.227. The van der Waals surface area contributed by atoms with Gasteiger partial charge in [-0.15, -0.1) is 12.4 Å². The quantitative estimate of drug-likeness (QED) is 0.727. The molecule has 0 aliphatic rings. The number of nitrogens with zero attached hydrogens (tertiary/aromatic N) is 1. The first kappa shape index (κ1) is 11.4. The standard InChI is InChI=1S/C7H12N2O2.ClH/c1-7(2,8)6-3-5(4-10)11-9-6;/h3,10H,4,8H2,1-2H3;1H. The summed E-state index contributed by atoms with van der Waals surface area (Å²) in [5.74, 6) is 0.443. The second kappa shape index (κ2) is 3.89. The molecule has 1 aromatic heterocycles. The fourth-order valence-corrected chi connectivity index (χ4v) is 0.691. The normalized spacial score (nSPS) is 11.0. The van der Waals surface area contributed by atoms with Gasteiger partial charge in [0.2, 0.25) is 0 Å². The number of aromatic nitrogens is 1. The average molecular weight is 193 g/mol. The number of aliphatic hydroxyl groups excluding tert-OH is 1. The van der Waals surface area contributed by atoms with Gasteiger partial charge < -0.3 is 15.4 Å². The van der Waals surface area contributed by atoms with E-state index in [-0.39, 0.29) is 19.0 Å². The molecule has 1 aromatic rings. The predicted octanol–water partition coefficient (Wildman–Crippen LogP) is 0.782. The molecule has 0 amide bonds. The highest BCUT2D eigenvalue weighted by Gasteiger charge is 2.18. The van der Waals surface area contributed by atoms with Gasteiger partial charge in [0.1, 0.15) is 12.3 Å². The summed E-state index contributed by atoms with van der Waals surface area (Å²) in [5.41, 5.74) is 5.87. The lowest BCUT2D eigenvalue weighted by atomic mass is 10.0. The first-order chi connectivity index (χ1) is 5.04. The number of nitrogens with two attached hydrogens (primary N) is 1. The topological polar surface area (TPSA) is 72.3 Å². The van der Waals surface area contributed by atoms with Gasteiger partial charge in [0.05, 0.1) is 5.54 Å². The fraction of sp³-hybridized carbons (Fsp3) is 0.571. The zero-order valence-corrected chi connectivity index (χ0v) is 7.89. The van der Waals surface area contributed by atoms with Gasteiger partial charge in [-0.1, -0.05) is 5.16 Å². The van der Waals surface area contributed by atoms with Gasteiger partial charge in [-0.3, -0.25) is 0 Å². The molecule has 0 aliphatic heterocycles. The van der Waals surface area contributed by atoms with Crippen LogP contribution in [0.3, 0.4) is 0 Å². The van der Waals surface area contributed by atoms with Crippen LogP contribution in [0, 0.1) is 0 Å². The SMILES string of the molecule is CC(C)(N)c1cc(CO)on1.Cl. The number of aliphatic hydroxyl groups is 1. The lowest BCUT2D eigenvalue weighted by Gasteiger charge is -2.12. The minimum atomic E-state index is -0.503. The van der Waals surface area contributed by atoms with Crippen molar-refractivity contribution in [3.05, 3.63) is 17.5 Å². The third-order valence-electron chi connectivity index (χ3n) is 1.37. The molecule has 0 fully saturated rings. The van der Waals surface area contributed by atoms with E-state index in [1.807, 2.05) is 13.8 Å². The smallest absolute Gasteiger partial charge is 0.162 e. The third-order valence-corrected chi connectivity index (χ3v) is 1.37. The van der Waals surface area contributed by atoms with Crippen molar-refractivity contribution in [3.63, 3.8) is 0 Å². The average Bonchev–Trinajstić information content (AvgIpc) is 2.32. The monoisotopic (exact) mass is 192 g/mol. The fourth-order valence-electron chi connectivity index (χ4n) is 0.691. The summed E-state index contributed by atoms with van der Waals surface area (Å²) in [5, 5.41) is 12.3. The van der Waals surface area contributed by atoms with E-state index in [0.717, 1.165) is 0 Å². The summed E-state index contributed by atoms with van der Waals surface area (Å²) in [6.45, 7) is 3.51. The summed E-state index contributed by atoms with van der Waals surface area (Å²) in [6, 6.07) is 1.65. The molecule has 1 heterocycles. The Morgan fingerprint density at radius 1 is 1.67 bits per heavy atom. The highest BCUT2D eigenvalue weighted by Crippen LogP contribution is 2.15. The van der Waals surface area contributed by atoms with E-state index >= 15 is 0 Å². The van der Waals surface area contributed by atoms with E-state index in [9.17, 15) is 0 Å². The minimum absolute atomic E-state index is 0. The Hall–Kier alpha value is -0.580. The molecular formula is C7H13ClN2O2. The lowest BCUT2D eigenvalue weighted by Crippen LogP contribution is -2.28. The summed E-state index contributed by atoms with van der Waals surface area (Å²) in [4.78, 5) is 0. The molecule has 0 saturated carbocycles. The van der Waals surface area contributed by atoms with Gasteiger partial charge in [-0.25, -0.2) is 0 Å². The Morgan fingerprint density at radius 3 is 2.50 bits per heavy atom. The van der Waals surface area contributed by atoms with Gasteiger partial charge >= 0.3 is 0 Å². The van der Waals surface area contributed by atoms with E-state index in [0.29, 0.717) is 11.5 Å². The maximum absolute atomic E-state index is 8.64. The highest BCUT2D eigenvalue weighted by atomic mass is 35.5. The van der Waals surface area contributed by atoms with Crippen molar-refractivity contribution >= 4 is 12.4 Å². The van der Waals surface area contributed by atoms with Crippen LogP contribution in [0.2, 0.25) is 0 Å². The molecule has 0 aliphatic carbocycles. The van der Waals surface area contributed by atoms with Gasteiger partial charge in [0, 0.05) is 6.07 Å². The first-order valence-electron chi connectivity index (χ1n) is 3.40. The molecule has 3 N–H and O–H groups in total. The summed E-state index contributed by atoms with van der Waals surface area (Å²) >= 11 is 0. The zero-order valence-electron chi connectivity index (χ0n) is 7.07. The molecule has 5 heteroatoms. The Labute approximate surface area is 77.1 Å². The van der Waals surface area contributed by atoms with Crippen LogP contribution in [-0.2, 0) is 12.1 Å². The van der Waals surface area contributed by atoms with E-state index in [1.54, 1.807) is 6.07 Å². The first-order valence-corrected chi connectivity index (χ1v) is 3.40. The van der Waals surface area contributed by atoms with Crippen molar-refractivity contribution in [3.8, 4) is 0 Å². The van der Waals surface area contributed by atoms with Crippen LogP contribution >= 0.6 is 12.4 Å². The Kier molecular flexibility index (Phi) is 3.70. The largest absolute Gasteiger partial charge is 0.388 e. The molecule has 4 nitrogen and oxygen atoms in total. The van der Waals surface area contributed by atoms with Gasteiger partial charge in [0.15, 0.2) is 5.76 Å². The van der Waals surface area contributed by atoms with E-state index in [1.165, 1.54) is 0 Å². The van der Waals surface area contributed by atoms with E-state index in [4.69, 9.17) is 15.4 Å². The summed E-state index contributed by atoms with van der Waals surface area (Å²) in [7, 11) is 0. The van der Waals surface area contributed by atoms with Crippen molar-refractivity contribution in [1.29, 1.82) is 0 Å².